The molecule has 104 valence electrons. The summed E-state index contributed by atoms with van der Waals surface area (Å²) in [5.41, 5.74) is -0.681. The van der Waals surface area contributed by atoms with Crippen molar-refractivity contribution in [3.05, 3.63) is 29.6 Å². The highest BCUT2D eigenvalue weighted by molar-refractivity contribution is 7.91. The molecule has 2 rings (SSSR count). The number of aliphatic hydroxyl groups is 1. The van der Waals surface area contributed by atoms with E-state index in [4.69, 9.17) is 9.84 Å². The highest BCUT2D eigenvalue weighted by atomic mass is 32.2. The first kappa shape index (κ1) is 13.8. The number of benzene rings is 1. The molecule has 0 radical (unpaired) electrons. The van der Waals surface area contributed by atoms with E-state index in [1.807, 2.05) is 0 Å². The molecule has 1 aromatic rings. The van der Waals surface area contributed by atoms with Gasteiger partial charge in [-0.3, -0.25) is 0 Å². The van der Waals surface area contributed by atoms with Gasteiger partial charge in [-0.15, -0.1) is 0 Å². The quantitative estimate of drug-likeness (QED) is 0.816. The maximum atomic E-state index is 13.4. The van der Waals surface area contributed by atoms with Crippen LogP contribution < -0.4 is 4.74 Å². The fourth-order valence-electron chi connectivity index (χ4n) is 1.88. The molecule has 1 fully saturated rings. The number of hydrogen-bond acceptors (Lipinski definition) is 5. The van der Waals surface area contributed by atoms with Gasteiger partial charge in [0.05, 0.1) is 11.5 Å². The largest absolute Gasteiger partial charge is 0.486 e. The minimum atomic E-state index is -3.42. The number of hydrogen-bond donors (Lipinski definition) is 2. The minimum absolute atomic E-state index is 0.298. The Kier molecular flexibility index (Phi) is 3.46. The zero-order chi connectivity index (χ0) is 14.2. The van der Waals surface area contributed by atoms with Crippen molar-refractivity contribution in [1.29, 1.82) is 0 Å². The van der Waals surface area contributed by atoms with Gasteiger partial charge in [0.25, 0.3) is 0 Å². The van der Waals surface area contributed by atoms with Crippen LogP contribution in [0.25, 0.3) is 0 Å². The van der Waals surface area contributed by atoms with Crippen LogP contribution in [0.3, 0.4) is 0 Å². The van der Waals surface area contributed by atoms with Gasteiger partial charge in [-0.1, -0.05) is 6.07 Å². The maximum absolute atomic E-state index is 13.4. The monoisotopic (exact) mass is 290 g/mol. The lowest BCUT2D eigenvalue weighted by Gasteiger charge is -2.17. The third-order valence-corrected chi connectivity index (χ3v) is 4.43. The van der Waals surface area contributed by atoms with Crippen molar-refractivity contribution in [1.82, 2.24) is 0 Å². The van der Waals surface area contributed by atoms with Gasteiger partial charge >= 0.3 is 5.97 Å². The molecule has 0 spiro atoms. The third-order valence-electron chi connectivity index (χ3n) is 2.74. The molecule has 0 aliphatic carbocycles. The van der Waals surface area contributed by atoms with Gasteiger partial charge < -0.3 is 14.9 Å². The van der Waals surface area contributed by atoms with Gasteiger partial charge in [-0.25, -0.2) is 17.6 Å². The average Bonchev–Trinajstić information content (AvgIpc) is 2.51. The fraction of sp³-hybridized carbons (Fsp3) is 0.364. The smallest absolute Gasteiger partial charge is 0.342 e. The van der Waals surface area contributed by atoms with Crippen LogP contribution in [0.1, 0.15) is 10.4 Å². The number of aromatic carboxylic acids is 1. The van der Waals surface area contributed by atoms with Crippen molar-refractivity contribution in [2.24, 2.45) is 0 Å². The number of rotatable bonds is 3. The lowest BCUT2D eigenvalue weighted by Crippen LogP contribution is -2.30. The van der Waals surface area contributed by atoms with Crippen LogP contribution in [0.2, 0.25) is 0 Å². The van der Waals surface area contributed by atoms with Crippen molar-refractivity contribution < 1.29 is 32.6 Å². The van der Waals surface area contributed by atoms with E-state index < -0.39 is 50.9 Å². The Morgan fingerprint density at radius 1 is 1.37 bits per heavy atom. The van der Waals surface area contributed by atoms with Crippen LogP contribution >= 0.6 is 0 Å². The van der Waals surface area contributed by atoms with Gasteiger partial charge in [-0.2, -0.15) is 0 Å². The molecule has 1 aliphatic rings. The van der Waals surface area contributed by atoms with Crippen LogP contribution in [0.5, 0.6) is 5.75 Å². The van der Waals surface area contributed by atoms with E-state index >= 15 is 0 Å². The Hall–Kier alpha value is -1.67. The predicted octanol–water partition coefficient (Wildman–Crippen LogP) is 0.0606. The number of halogens is 1. The summed E-state index contributed by atoms with van der Waals surface area (Å²) in [6.45, 7) is 0. The van der Waals surface area contributed by atoms with Crippen molar-refractivity contribution in [2.45, 2.75) is 12.2 Å². The summed E-state index contributed by atoms with van der Waals surface area (Å²) in [4.78, 5) is 10.9. The van der Waals surface area contributed by atoms with E-state index in [-0.39, 0.29) is 5.75 Å². The van der Waals surface area contributed by atoms with Gasteiger partial charge in [-0.05, 0) is 12.1 Å². The SMILES string of the molecule is O=C(O)c1c(F)cccc1OC1CS(=O)(=O)CC1O. The molecular weight excluding hydrogens is 279 g/mol. The molecule has 1 aliphatic heterocycles. The Morgan fingerprint density at radius 2 is 2.05 bits per heavy atom. The zero-order valence-electron chi connectivity index (χ0n) is 9.61. The molecule has 0 saturated carbocycles. The molecular formula is C11H11FO6S. The van der Waals surface area contributed by atoms with Gasteiger partial charge in [0.2, 0.25) is 0 Å². The summed E-state index contributed by atoms with van der Waals surface area (Å²) in [5.74, 6) is -3.68. The summed E-state index contributed by atoms with van der Waals surface area (Å²) in [6.07, 6.45) is -2.35. The van der Waals surface area contributed by atoms with Crippen molar-refractivity contribution in [3.63, 3.8) is 0 Å². The second kappa shape index (κ2) is 4.78. The second-order valence-corrected chi connectivity index (χ2v) is 6.37. The van der Waals surface area contributed by atoms with E-state index in [0.29, 0.717) is 0 Å². The molecule has 0 amide bonds. The number of carboxylic acid groups (broad SMARTS) is 1. The standard InChI is InChI=1S/C11H11FO6S/c12-6-2-1-3-8(10(6)11(14)15)18-9-5-19(16,17)4-7(9)13/h1-3,7,9,13H,4-5H2,(H,14,15). The Labute approximate surface area is 108 Å². The van der Waals surface area contributed by atoms with E-state index in [1.165, 1.54) is 12.1 Å². The Morgan fingerprint density at radius 3 is 2.58 bits per heavy atom. The summed E-state index contributed by atoms with van der Waals surface area (Å²) in [7, 11) is -3.42. The third kappa shape index (κ3) is 2.85. The van der Waals surface area contributed by atoms with Crippen molar-refractivity contribution >= 4 is 15.8 Å². The van der Waals surface area contributed by atoms with E-state index in [1.54, 1.807) is 0 Å². The normalized spacial score (nSPS) is 25.2. The minimum Gasteiger partial charge on any atom is -0.486 e. The van der Waals surface area contributed by atoms with E-state index in [2.05, 4.69) is 0 Å². The van der Waals surface area contributed by atoms with Crippen molar-refractivity contribution in [2.75, 3.05) is 11.5 Å². The van der Waals surface area contributed by atoms with E-state index in [0.717, 1.165) is 6.07 Å². The number of sulfone groups is 1. The summed E-state index contributed by atoms with van der Waals surface area (Å²) in [6, 6.07) is 3.41. The first-order valence-corrected chi connectivity index (χ1v) is 7.19. The highest BCUT2D eigenvalue weighted by Gasteiger charge is 2.38. The molecule has 6 nitrogen and oxygen atoms in total. The van der Waals surface area contributed by atoms with Crippen LogP contribution in [-0.2, 0) is 9.84 Å². The fourth-order valence-corrected chi connectivity index (χ4v) is 3.54. The number of carbonyl (C=O) groups is 1. The molecule has 8 heteroatoms. The lowest BCUT2D eigenvalue weighted by molar-refractivity contribution is 0.0629. The highest BCUT2D eigenvalue weighted by Crippen LogP contribution is 2.25. The second-order valence-electron chi connectivity index (χ2n) is 4.22. The van der Waals surface area contributed by atoms with Crippen LogP contribution in [0.4, 0.5) is 4.39 Å². The van der Waals surface area contributed by atoms with Gasteiger partial charge in [0, 0.05) is 0 Å². The molecule has 0 bridgehead atoms. The average molecular weight is 290 g/mol. The predicted molar refractivity (Wildman–Crippen MR) is 62.4 cm³/mol. The molecule has 0 aromatic heterocycles. The molecule has 2 N–H and O–H groups in total. The zero-order valence-corrected chi connectivity index (χ0v) is 10.4. The molecule has 1 heterocycles. The summed E-state index contributed by atoms with van der Waals surface area (Å²) >= 11 is 0. The number of ether oxygens (including phenoxy) is 1. The molecule has 2 unspecified atom stereocenters. The van der Waals surface area contributed by atoms with Crippen LogP contribution in [-0.4, -0.2) is 48.3 Å². The summed E-state index contributed by atoms with van der Waals surface area (Å²) < 4.78 is 41.1. The lowest BCUT2D eigenvalue weighted by atomic mass is 10.2. The first-order chi connectivity index (χ1) is 8.80. The Bertz CT molecular complexity index is 612. The molecule has 1 aromatic carbocycles. The molecule has 1 saturated heterocycles. The van der Waals surface area contributed by atoms with Crippen LogP contribution in [0, 0.1) is 5.82 Å². The topological polar surface area (TPSA) is 101 Å². The first-order valence-electron chi connectivity index (χ1n) is 5.37. The van der Waals surface area contributed by atoms with E-state index in [9.17, 15) is 22.7 Å². The molecule has 19 heavy (non-hydrogen) atoms. The maximum Gasteiger partial charge on any atom is 0.342 e. The van der Waals surface area contributed by atoms with Gasteiger partial charge in [0.15, 0.2) is 9.84 Å². The summed E-state index contributed by atoms with van der Waals surface area (Å²) in [5, 5.41) is 18.4. The number of carboxylic acids is 1. The van der Waals surface area contributed by atoms with Crippen molar-refractivity contribution in [3.8, 4) is 5.75 Å². The number of aliphatic hydroxyl groups excluding tert-OH is 1. The van der Waals surface area contributed by atoms with Crippen LogP contribution in [0.15, 0.2) is 18.2 Å². The molecule has 2 atom stereocenters. The Balaban J connectivity index is 2.30. The van der Waals surface area contributed by atoms with Gasteiger partial charge in [0.1, 0.15) is 29.3 Å².